The molecule has 2 fully saturated rings. The van der Waals surface area contributed by atoms with Gasteiger partial charge in [-0.05, 0) is 63.0 Å². The van der Waals surface area contributed by atoms with Crippen LogP contribution in [-0.2, 0) is 16.0 Å². The molecule has 1 saturated carbocycles. The molecule has 4 rings (SSSR count). The van der Waals surface area contributed by atoms with Gasteiger partial charge in [-0.25, -0.2) is 0 Å². The van der Waals surface area contributed by atoms with Crippen LogP contribution < -0.4 is 10.2 Å². The van der Waals surface area contributed by atoms with E-state index < -0.39 is 0 Å². The summed E-state index contributed by atoms with van der Waals surface area (Å²) >= 11 is 0. The van der Waals surface area contributed by atoms with Crippen LogP contribution >= 0.6 is 24.0 Å². The first-order chi connectivity index (χ1) is 15.7. The van der Waals surface area contributed by atoms with Gasteiger partial charge in [0.05, 0.1) is 6.10 Å². The van der Waals surface area contributed by atoms with E-state index in [2.05, 4.69) is 29.3 Å². The number of carbonyl (C=O) groups is 1. The molecule has 2 heterocycles. The Bertz CT molecular complexity index is 773. The van der Waals surface area contributed by atoms with E-state index in [1.165, 1.54) is 31.2 Å². The summed E-state index contributed by atoms with van der Waals surface area (Å²) in [4.78, 5) is 21.8. The van der Waals surface area contributed by atoms with Crippen LogP contribution in [0, 0.1) is 5.92 Å². The van der Waals surface area contributed by atoms with E-state index in [0.29, 0.717) is 19.1 Å². The van der Waals surface area contributed by atoms with Gasteiger partial charge < -0.3 is 19.9 Å². The van der Waals surface area contributed by atoms with Gasteiger partial charge in [-0.1, -0.05) is 31.0 Å². The van der Waals surface area contributed by atoms with Crippen LogP contribution in [0.1, 0.15) is 63.9 Å². The van der Waals surface area contributed by atoms with Gasteiger partial charge >= 0.3 is 0 Å². The molecule has 1 amide bonds. The molecule has 0 atom stereocenters. The largest absolute Gasteiger partial charge is 0.378 e. The van der Waals surface area contributed by atoms with Crippen LogP contribution in [0.15, 0.2) is 29.3 Å². The number of likely N-dealkylation sites (tertiary alicyclic amines) is 1. The zero-order valence-corrected chi connectivity index (χ0v) is 22.5. The average Bonchev–Trinajstić information content (AvgIpc) is 3.50. The molecule has 33 heavy (non-hydrogen) atoms. The third-order valence-electron chi connectivity index (χ3n) is 7.12. The third-order valence-corrected chi connectivity index (χ3v) is 7.12. The van der Waals surface area contributed by atoms with Crippen LogP contribution in [0.5, 0.6) is 0 Å². The van der Waals surface area contributed by atoms with Crippen LogP contribution in [0.4, 0.5) is 5.69 Å². The van der Waals surface area contributed by atoms with Gasteiger partial charge in [0.15, 0.2) is 5.96 Å². The van der Waals surface area contributed by atoms with Gasteiger partial charge in [-0.2, -0.15) is 0 Å². The molecule has 0 spiro atoms. The monoisotopic (exact) mass is 568 g/mol. The number of guanidine groups is 1. The normalized spacial score (nSPS) is 19.5. The first-order valence-corrected chi connectivity index (χ1v) is 12.8. The van der Waals surface area contributed by atoms with Crippen molar-refractivity contribution in [1.29, 1.82) is 0 Å². The minimum atomic E-state index is 0. The summed E-state index contributed by atoms with van der Waals surface area (Å²) in [5.41, 5.74) is 2.37. The number of piperidine rings is 1. The first-order valence-electron chi connectivity index (χ1n) is 12.8. The molecule has 0 bridgehead atoms. The Labute approximate surface area is 216 Å². The lowest BCUT2D eigenvalue weighted by molar-refractivity contribution is -0.118. The smallest absolute Gasteiger partial charge is 0.227 e. The maximum Gasteiger partial charge on any atom is 0.227 e. The Morgan fingerprint density at radius 1 is 1.12 bits per heavy atom. The van der Waals surface area contributed by atoms with Crippen molar-refractivity contribution in [3.8, 4) is 0 Å². The van der Waals surface area contributed by atoms with Crippen molar-refractivity contribution in [1.82, 2.24) is 10.2 Å². The number of rotatable bonds is 8. The summed E-state index contributed by atoms with van der Waals surface area (Å²) in [6.07, 6.45) is 10.3. The van der Waals surface area contributed by atoms with E-state index >= 15 is 0 Å². The Morgan fingerprint density at radius 3 is 2.64 bits per heavy atom. The predicted molar refractivity (Wildman–Crippen MR) is 146 cm³/mol. The van der Waals surface area contributed by atoms with Crippen molar-refractivity contribution >= 4 is 41.5 Å². The van der Waals surface area contributed by atoms with Gasteiger partial charge in [0, 0.05) is 51.4 Å². The number of halogens is 1. The minimum Gasteiger partial charge on any atom is -0.378 e. The van der Waals surface area contributed by atoms with Gasteiger partial charge in [0.2, 0.25) is 5.91 Å². The number of benzene rings is 1. The van der Waals surface area contributed by atoms with Gasteiger partial charge in [-0.3, -0.25) is 9.79 Å². The number of hydrogen-bond acceptors (Lipinski definition) is 3. The molecule has 1 saturated heterocycles. The molecule has 1 aliphatic carbocycles. The molecule has 1 N–H and O–H groups in total. The summed E-state index contributed by atoms with van der Waals surface area (Å²) in [6, 6.07) is 8.25. The fourth-order valence-corrected chi connectivity index (χ4v) is 5.26. The van der Waals surface area contributed by atoms with Crippen LogP contribution in [0.25, 0.3) is 0 Å². The lowest BCUT2D eigenvalue weighted by Gasteiger charge is -2.34. The van der Waals surface area contributed by atoms with Crippen LogP contribution in [-0.4, -0.2) is 62.2 Å². The molecule has 6 nitrogen and oxygen atoms in total. The third kappa shape index (κ3) is 7.31. The van der Waals surface area contributed by atoms with Crippen molar-refractivity contribution in [3.63, 3.8) is 0 Å². The zero-order valence-electron chi connectivity index (χ0n) is 20.1. The number of aliphatic imine (C=N–C) groups is 1. The molecular weight excluding hydrogens is 527 g/mol. The van der Waals surface area contributed by atoms with Crippen LogP contribution in [0.2, 0.25) is 0 Å². The number of anilines is 1. The number of para-hydroxylation sites is 1. The number of fused-ring (bicyclic) bond motifs is 1. The molecule has 0 unspecified atom stereocenters. The summed E-state index contributed by atoms with van der Waals surface area (Å²) < 4.78 is 6.22. The van der Waals surface area contributed by atoms with Crippen molar-refractivity contribution in [2.45, 2.75) is 70.8 Å². The summed E-state index contributed by atoms with van der Waals surface area (Å²) in [6.45, 7) is 7.40. The van der Waals surface area contributed by atoms with Crippen molar-refractivity contribution in [3.05, 3.63) is 29.8 Å². The van der Waals surface area contributed by atoms with E-state index in [4.69, 9.17) is 9.73 Å². The molecule has 1 aromatic carbocycles. The molecule has 184 valence electrons. The quantitative estimate of drug-likeness (QED) is 0.216. The number of nitrogens with one attached hydrogen (secondary N) is 1. The topological polar surface area (TPSA) is 57.2 Å². The fourth-order valence-electron chi connectivity index (χ4n) is 5.26. The molecule has 1 aromatic rings. The highest BCUT2D eigenvalue weighted by Crippen LogP contribution is 2.28. The summed E-state index contributed by atoms with van der Waals surface area (Å²) in [7, 11) is 0. The van der Waals surface area contributed by atoms with E-state index in [1.807, 2.05) is 17.0 Å². The van der Waals surface area contributed by atoms with E-state index in [1.54, 1.807) is 0 Å². The second kappa shape index (κ2) is 13.5. The van der Waals surface area contributed by atoms with Crippen molar-refractivity contribution < 1.29 is 9.53 Å². The predicted octanol–water partition coefficient (Wildman–Crippen LogP) is 4.61. The molecule has 2 aliphatic heterocycles. The maximum absolute atomic E-state index is 12.7. The van der Waals surface area contributed by atoms with Crippen molar-refractivity contribution in [2.24, 2.45) is 10.9 Å². The molecule has 0 radical (unpaired) electrons. The van der Waals surface area contributed by atoms with E-state index in [-0.39, 0.29) is 29.9 Å². The fraction of sp³-hybridized carbons (Fsp3) is 0.692. The van der Waals surface area contributed by atoms with Crippen LogP contribution in [0.3, 0.4) is 0 Å². The minimum absolute atomic E-state index is 0. The Kier molecular flexibility index (Phi) is 10.8. The average molecular weight is 569 g/mol. The molecular formula is C26H41IN4O2. The number of carbonyl (C=O) groups excluding carboxylic acids is 1. The maximum atomic E-state index is 12.7. The number of nitrogens with zero attached hydrogens (tertiary/aromatic N) is 3. The standard InChI is InChI=1S/C26H40N4O2.HI/c1-2-27-26(29-17-14-23(15-18-29)32-20-21-8-3-4-9-21)28-16-7-12-25(31)30-19-13-22-10-5-6-11-24(22)30;/h5-6,10-11,21,23H,2-4,7-9,12-20H2,1H3,(H,27,28);1H. The molecule has 7 heteroatoms. The second-order valence-electron chi connectivity index (χ2n) is 9.43. The summed E-state index contributed by atoms with van der Waals surface area (Å²) in [5, 5.41) is 3.44. The van der Waals surface area contributed by atoms with Crippen molar-refractivity contribution in [2.75, 3.05) is 44.2 Å². The lowest BCUT2D eigenvalue weighted by atomic mass is 10.1. The highest BCUT2D eigenvalue weighted by atomic mass is 127. The molecule has 3 aliphatic rings. The summed E-state index contributed by atoms with van der Waals surface area (Å²) in [5.74, 6) is 2.00. The molecule has 0 aromatic heterocycles. The van der Waals surface area contributed by atoms with Gasteiger partial charge in [0.25, 0.3) is 0 Å². The Hall–Kier alpha value is -1.35. The SMILES string of the molecule is CCNC(=NCCCC(=O)N1CCc2ccccc21)N1CCC(OCC2CCCC2)CC1.I. The van der Waals surface area contributed by atoms with E-state index in [9.17, 15) is 4.79 Å². The highest BCUT2D eigenvalue weighted by Gasteiger charge is 2.25. The van der Waals surface area contributed by atoms with Gasteiger partial charge in [0.1, 0.15) is 0 Å². The number of ether oxygens (including phenoxy) is 1. The number of amides is 1. The number of hydrogen-bond donors (Lipinski definition) is 1. The lowest BCUT2D eigenvalue weighted by Crippen LogP contribution is -2.47. The Balaban J connectivity index is 0.00000306. The zero-order chi connectivity index (χ0) is 22.2. The second-order valence-corrected chi connectivity index (χ2v) is 9.43. The highest BCUT2D eigenvalue weighted by molar-refractivity contribution is 14.0. The first kappa shape index (κ1) is 26.3. The Morgan fingerprint density at radius 2 is 1.88 bits per heavy atom. The van der Waals surface area contributed by atoms with Gasteiger partial charge in [-0.15, -0.1) is 24.0 Å². The van der Waals surface area contributed by atoms with E-state index in [0.717, 1.165) is 76.0 Å².